The van der Waals surface area contributed by atoms with Crippen LogP contribution in [0, 0.1) is 0 Å². The average molecular weight is 446 g/mol. The van der Waals surface area contributed by atoms with Gasteiger partial charge in [-0.05, 0) is 0 Å². The van der Waals surface area contributed by atoms with E-state index in [0.717, 1.165) is 0 Å². The first kappa shape index (κ1) is 24.2. The summed E-state index contributed by atoms with van der Waals surface area (Å²) in [5, 5.41) is 9.29. The number of aromatic nitrogens is 3. The highest BCUT2D eigenvalue weighted by molar-refractivity contribution is 6.18. The number of ether oxygens (including phenoxy) is 3. The van der Waals surface area contributed by atoms with E-state index in [1.807, 2.05) is 0 Å². The summed E-state index contributed by atoms with van der Waals surface area (Å²) in [6.45, 7) is 4.68. The van der Waals surface area contributed by atoms with E-state index in [9.17, 15) is 0 Å². The lowest BCUT2D eigenvalue weighted by molar-refractivity contribution is 0.159. The Morgan fingerprint density at radius 2 is 0.815 bits per heavy atom. The van der Waals surface area contributed by atoms with Crippen LogP contribution in [0.4, 0.5) is 17.8 Å². The molecule has 0 aliphatic rings. The highest BCUT2D eigenvalue weighted by Crippen LogP contribution is 2.09. The van der Waals surface area contributed by atoms with Crippen molar-refractivity contribution < 1.29 is 14.2 Å². The molecule has 0 radical (unpaired) electrons. The van der Waals surface area contributed by atoms with E-state index in [2.05, 4.69) is 30.9 Å². The third-order valence-electron chi connectivity index (χ3n) is 2.89. The summed E-state index contributed by atoms with van der Waals surface area (Å²) >= 11 is 16.7. The smallest absolute Gasteiger partial charge is 0.229 e. The first-order valence-electron chi connectivity index (χ1n) is 8.69. The van der Waals surface area contributed by atoms with Crippen LogP contribution in [0.5, 0.6) is 0 Å². The van der Waals surface area contributed by atoms with Crippen molar-refractivity contribution in [3.8, 4) is 0 Å². The molecule has 0 aliphatic heterocycles. The Balaban J connectivity index is 2.52. The fraction of sp³-hybridized carbons (Fsp3) is 0.800. The van der Waals surface area contributed by atoms with Crippen LogP contribution in [0.1, 0.15) is 0 Å². The molecule has 0 aromatic carbocycles. The summed E-state index contributed by atoms with van der Waals surface area (Å²) in [5.74, 6) is 2.70. The van der Waals surface area contributed by atoms with E-state index in [4.69, 9.17) is 49.0 Å². The van der Waals surface area contributed by atoms with Crippen LogP contribution in [0.15, 0.2) is 0 Å². The number of hydrogen-bond donors (Lipinski definition) is 3. The van der Waals surface area contributed by atoms with Crippen LogP contribution in [0.25, 0.3) is 0 Å². The lowest BCUT2D eigenvalue weighted by Gasteiger charge is -2.11. The molecule has 1 heterocycles. The largest absolute Gasteiger partial charge is 0.378 e. The van der Waals surface area contributed by atoms with Crippen molar-refractivity contribution >= 4 is 52.6 Å². The van der Waals surface area contributed by atoms with Crippen LogP contribution in [0.2, 0.25) is 0 Å². The van der Waals surface area contributed by atoms with Gasteiger partial charge in [0, 0.05) is 37.3 Å². The maximum atomic E-state index is 5.57. The second-order valence-corrected chi connectivity index (χ2v) is 6.12. The van der Waals surface area contributed by atoms with E-state index < -0.39 is 0 Å². The molecule has 1 rings (SSSR count). The summed E-state index contributed by atoms with van der Waals surface area (Å²) < 4.78 is 16.0. The quantitative estimate of drug-likeness (QED) is 0.231. The van der Waals surface area contributed by atoms with Gasteiger partial charge in [-0.3, -0.25) is 0 Å². The van der Waals surface area contributed by atoms with Gasteiger partial charge in [0.25, 0.3) is 0 Å². The number of alkyl halides is 3. The topological polar surface area (TPSA) is 102 Å². The first-order valence-corrected chi connectivity index (χ1v) is 10.3. The van der Waals surface area contributed by atoms with Crippen molar-refractivity contribution in [2.75, 3.05) is 92.9 Å². The molecular weight excluding hydrogens is 419 g/mol. The van der Waals surface area contributed by atoms with Crippen LogP contribution >= 0.6 is 34.8 Å². The van der Waals surface area contributed by atoms with Crippen LogP contribution < -0.4 is 16.0 Å². The minimum absolute atomic E-state index is 0.438. The molecule has 27 heavy (non-hydrogen) atoms. The molecule has 0 amide bonds. The van der Waals surface area contributed by atoms with Gasteiger partial charge in [-0.2, -0.15) is 15.0 Å². The van der Waals surface area contributed by atoms with Crippen LogP contribution in [0.3, 0.4) is 0 Å². The summed E-state index contributed by atoms with van der Waals surface area (Å²) in [7, 11) is 0. The van der Waals surface area contributed by atoms with E-state index in [1.165, 1.54) is 0 Å². The molecule has 0 spiro atoms. The molecule has 0 saturated heterocycles. The Kier molecular flexibility index (Phi) is 15.5. The number of nitrogens with zero attached hydrogens (tertiary/aromatic N) is 3. The molecule has 0 bridgehead atoms. The van der Waals surface area contributed by atoms with E-state index in [1.54, 1.807) is 0 Å². The molecule has 0 aliphatic carbocycles. The Hall–Kier alpha value is -0.840. The van der Waals surface area contributed by atoms with Gasteiger partial charge in [-0.15, -0.1) is 34.8 Å². The number of nitrogens with one attached hydrogen (secondary N) is 3. The lowest BCUT2D eigenvalue weighted by Crippen LogP contribution is -2.18. The zero-order chi connectivity index (χ0) is 19.6. The maximum Gasteiger partial charge on any atom is 0.229 e. The molecule has 0 fully saturated rings. The van der Waals surface area contributed by atoms with Gasteiger partial charge in [0.05, 0.1) is 39.6 Å². The fourth-order valence-electron chi connectivity index (χ4n) is 1.79. The van der Waals surface area contributed by atoms with Gasteiger partial charge in [0.2, 0.25) is 17.8 Å². The summed E-state index contributed by atoms with van der Waals surface area (Å²) in [5.41, 5.74) is 0. The zero-order valence-corrected chi connectivity index (χ0v) is 17.5. The van der Waals surface area contributed by atoms with Crippen molar-refractivity contribution in [3.63, 3.8) is 0 Å². The summed E-state index contributed by atoms with van der Waals surface area (Å²) in [4.78, 5) is 13.0. The number of hydrogen-bond acceptors (Lipinski definition) is 9. The van der Waals surface area contributed by atoms with Gasteiger partial charge < -0.3 is 30.2 Å². The Labute approximate surface area is 174 Å². The van der Waals surface area contributed by atoms with Crippen molar-refractivity contribution in [2.24, 2.45) is 0 Å². The first-order chi connectivity index (χ1) is 13.3. The second-order valence-electron chi connectivity index (χ2n) is 4.99. The highest BCUT2D eigenvalue weighted by Gasteiger charge is 2.06. The Morgan fingerprint density at radius 3 is 1.07 bits per heavy atom. The Bertz CT molecular complexity index is 411. The molecule has 1 aromatic rings. The molecule has 3 N–H and O–H groups in total. The minimum atomic E-state index is 0.438. The predicted molar refractivity (Wildman–Crippen MR) is 110 cm³/mol. The Morgan fingerprint density at radius 1 is 0.519 bits per heavy atom. The number of anilines is 3. The van der Waals surface area contributed by atoms with Crippen molar-refractivity contribution in [2.45, 2.75) is 0 Å². The van der Waals surface area contributed by atoms with Crippen molar-refractivity contribution in [1.29, 1.82) is 0 Å². The molecule has 12 heteroatoms. The van der Waals surface area contributed by atoms with E-state index >= 15 is 0 Å². The predicted octanol–water partition coefficient (Wildman–Crippen LogP) is 1.87. The van der Waals surface area contributed by atoms with E-state index in [-0.39, 0.29) is 0 Å². The third kappa shape index (κ3) is 13.0. The molecule has 0 atom stereocenters. The van der Waals surface area contributed by atoms with Gasteiger partial charge >= 0.3 is 0 Å². The summed E-state index contributed by atoms with van der Waals surface area (Å²) in [6, 6.07) is 0. The molecule has 1 aromatic heterocycles. The van der Waals surface area contributed by atoms with E-state index in [0.29, 0.717) is 94.8 Å². The average Bonchev–Trinajstić information content (AvgIpc) is 2.67. The molecule has 156 valence electrons. The molecular formula is C15H27Cl3N6O3. The molecule has 0 unspecified atom stereocenters. The van der Waals surface area contributed by atoms with Gasteiger partial charge in [-0.1, -0.05) is 0 Å². The van der Waals surface area contributed by atoms with Gasteiger partial charge in [0.15, 0.2) is 0 Å². The SMILES string of the molecule is ClCCOCCNc1nc(NCCOCCCl)nc(NCCOCCCl)n1. The molecule has 0 saturated carbocycles. The number of halogens is 3. The lowest BCUT2D eigenvalue weighted by atomic mass is 10.6. The standard InChI is InChI=1S/C15H27Cl3N6O3/c16-1-7-25-10-4-19-13-22-14(20-5-11-26-8-2-17)24-15(23-13)21-6-12-27-9-3-18/h1-12H2,(H3,19,20,21,22,23,24). The highest BCUT2D eigenvalue weighted by atomic mass is 35.5. The number of rotatable bonds is 18. The minimum Gasteiger partial charge on any atom is -0.378 e. The summed E-state index contributed by atoms with van der Waals surface area (Å²) in [6.07, 6.45) is 0. The van der Waals surface area contributed by atoms with Crippen molar-refractivity contribution in [1.82, 2.24) is 15.0 Å². The van der Waals surface area contributed by atoms with Gasteiger partial charge in [-0.25, -0.2) is 0 Å². The normalized spacial score (nSPS) is 10.8. The fourth-order valence-corrected chi connectivity index (χ4v) is 2.12. The third-order valence-corrected chi connectivity index (χ3v) is 3.35. The monoisotopic (exact) mass is 444 g/mol. The van der Waals surface area contributed by atoms with Crippen LogP contribution in [-0.4, -0.2) is 91.9 Å². The van der Waals surface area contributed by atoms with Gasteiger partial charge in [0.1, 0.15) is 0 Å². The van der Waals surface area contributed by atoms with Crippen LogP contribution in [-0.2, 0) is 14.2 Å². The second kappa shape index (κ2) is 17.3. The maximum absolute atomic E-state index is 5.57. The van der Waals surface area contributed by atoms with Crippen molar-refractivity contribution in [3.05, 3.63) is 0 Å². The molecule has 9 nitrogen and oxygen atoms in total. The zero-order valence-electron chi connectivity index (χ0n) is 15.2.